The Bertz CT molecular complexity index is 5940. The van der Waals surface area contributed by atoms with Gasteiger partial charge in [-0.25, -0.2) is 0 Å². The van der Waals surface area contributed by atoms with Crippen molar-refractivity contribution >= 4 is 176 Å². The Morgan fingerprint density at radius 1 is 0.387 bits per heavy atom. The van der Waals surface area contributed by atoms with Gasteiger partial charge in [0, 0.05) is 100 Å². The minimum atomic E-state index is 0.252. The van der Waals surface area contributed by atoms with Gasteiger partial charge in [-0.15, -0.1) is 73.4 Å². The van der Waals surface area contributed by atoms with Crippen LogP contribution in [-0.4, -0.2) is 32.2 Å². The third-order valence-corrected chi connectivity index (χ3v) is 23.3. The molecule has 16 heteroatoms. The van der Waals surface area contributed by atoms with Gasteiger partial charge in [0.05, 0.1) is 53.9 Å². The minimum absolute atomic E-state index is 0.252. The van der Waals surface area contributed by atoms with Crippen LogP contribution >= 0.6 is 45.3 Å². The van der Waals surface area contributed by atoms with Crippen molar-refractivity contribution in [3.05, 3.63) is 236 Å². The van der Waals surface area contributed by atoms with Gasteiger partial charge in [-0.2, -0.15) is 0 Å². The number of aryl methyl sites for hydroxylation is 7. The first kappa shape index (κ1) is 56.7. The van der Waals surface area contributed by atoms with Crippen LogP contribution in [0.4, 0.5) is 5.69 Å². The zero-order valence-electron chi connectivity index (χ0n) is 52.6. The van der Waals surface area contributed by atoms with Gasteiger partial charge < -0.3 is 27.5 Å². The summed E-state index contributed by atoms with van der Waals surface area (Å²) in [4.78, 5) is 4.43. The molecular weight excluding hydrogens is 1230 g/mol. The lowest BCUT2D eigenvalue weighted by molar-refractivity contribution is -0.744. The molecule has 11 aromatic heterocycles. The highest BCUT2D eigenvalue weighted by atomic mass is 32.2. The number of para-hydroxylation sites is 2. The highest BCUT2D eigenvalue weighted by molar-refractivity contribution is 7.44. The molecule has 93 heavy (non-hydrogen) atoms. The molecule has 1 aliphatic rings. The Labute approximate surface area is 549 Å². The predicted octanol–water partition coefficient (Wildman–Crippen LogP) is 19.9. The second-order valence-corrected chi connectivity index (χ2v) is 28.7. The van der Waals surface area contributed by atoms with Crippen molar-refractivity contribution in [3.63, 3.8) is 0 Å². The number of benzene rings is 8. The van der Waals surface area contributed by atoms with E-state index in [9.17, 15) is 0 Å². The van der Waals surface area contributed by atoms with Gasteiger partial charge >= 0.3 is 0 Å². The van der Waals surface area contributed by atoms with Crippen LogP contribution < -0.4 is 18.9 Å². The molecule has 456 valence electrons. The van der Waals surface area contributed by atoms with Crippen molar-refractivity contribution in [1.82, 2.24) is 18.9 Å². The Hall–Kier alpha value is -10.2. The molecule has 12 heterocycles. The summed E-state index contributed by atoms with van der Waals surface area (Å²) in [5, 5.41) is 12.3. The monoisotopic (exact) mass is 1290 g/mol. The maximum absolute atomic E-state index is 6.18. The van der Waals surface area contributed by atoms with E-state index in [2.05, 4.69) is 241 Å². The Morgan fingerprint density at radius 3 is 1.53 bits per heavy atom. The van der Waals surface area contributed by atoms with Crippen molar-refractivity contribution in [3.8, 4) is 17.1 Å². The number of fused-ring (bicyclic) bond motifs is 20. The van der Waals surface area contributed by atoms with Gasteiger partial charge in [-0.1, -0.05) is 72.8 Å². The van der Waals surface area contributed by atoms with Crippen molar-refractivity contribution in [2.24, 2.45) is 21.1 Å². The number of hydrogen-bond acceptors (Lipinski definition) is 10. The first-order valence-electron chi connectivity index (χ1n) is 31.0. The highest BCUT2D eigenvalue weighted by Gasteiger charge is 2.28. The van der Waals surface area contributed by atoms with Crippen molar-refractivity contribution in [1.29, 1.82) is 0 Å². The first-order chi connectivity index (χ1) is 45.3. The summed E-state index contributed by atoms with van der Waals surface area (Å²) >= 11 is 7.64. The molecule has 12 nitrogen and oxygen atoms in total. The van der Waals surface area contributed by atoms with Crippen LogP contribution in [0.25, 0.3) is 142 Å². The summed E-state index contributed by atoms with van der Waals surface area (Å²) in [6.45, 7) is 10.8. The molecule has 0 spiro atoms. The average molecular weight is 1290 g/mol. The van der Waals surface area contributed by atoms with Crippen LogP contribution in [-0.2, 0) is 21.1 Å². The molecule has 0 radical (unpaired) electrons. The van der Waals surface area contributed by atoms with Crippen LogP contribution in [0.15, 0.2) is 231 Å². The maximum Gasteiger partial charge on any atom is 0.299 e. The predicted molar refractivity (Wildman–Crippen MR) is 386 cm³/mol. The van der Waals surface area contributed by atoms with E-state index in [1.165, 1.54) is 92.8 Å². The molecule has 1 aliphatic heterocycles. The number of hydrogen-bond donors (Lipinski definition) is 0. The van der Waals surface area contributed by atoms with Crippen LogP contribution in [0, 0.1) is 27.7 Å². The normalized spacial score (nSPS) is 13.5. The average Bonchev–Trinajstić information content (AvgIpc) is 1.61. The number of furan rings is 4. The van der Waals surface area contributed by atoms with Crippen LogP contribution in [0.5, 0.6) is 0 Å². The molecular formula is C77H63N8O4S4+3. The van der Waals surface area contributed by atoms with Gasteiger partial charge in [0.25, 0.3) is 5.78 Å². The van der Waals surface area contributed by atoms with Crippen LogP contribution in [0.2, 0.25) is 0 Å². The number of anilines is 1. The number of thiophene rings is 4. The van der Waals surface area contributed by atoms with E-state index >= 15 is 0 Å². The zero-order chi connectivity index (χ0) is 63.1. The van der Waals surface area contributed by atoms with Gasteiger partial charge in [-0.3, -0.25) is 0 Å². The van der Waals surface area contributed by atoms with Crippen molar-refractivity contribution in [2.75, 3.05) is 11.9 Å². The van der Waals surface area contributed by atoms with E-state index in [-0.39, 0.29) is 6.17 Å². The molecule has 0 saturated heterocycles. The molecule has 0 N–H and O–H groups in total. The summed E-state index contributed by atoms with van der Waals surface area (Å²) in [5.74, 6) is 0.599. The summed E-state index contributed by atoms with van der Waals surface area (Å²) < 4.78 is 46.8. The van der Waals surface area contributed by atoms with E-state index in [1.54, 1.807) is 0 Å². The lowest BCUT2D eigenvalue weighted by atomic mass is 10.1. The van der Waals surface area contributed by atoms with E-state index in [0.29, 0.717) is 5.78 Å². The molecule has 0 fully saturated rings. The van der Waals surface area contributed by atoms with Gasteiger partial charge in [0.1, 0.15) is 40.0 Å². The Morgan fingerprint density at radius 2 is 0.892 bits per heavy atom. The van der Waals surface area contributed by atoms with Crippen molar-refractivity contribution in [2.45, 2.75) is 40.8 Å². The maximum atomic E-state index is 6.18. The molecule has 8 aromatic carbocycles. The third-order valence-electron chi connectivity index (χ3n) is 18.4. The van der Waals surface area contributed by atoms with E-state index in [1.807, 2.05) is 118 Å². The second-order valence-electron chi connectivity index (χ2n) is 24.2. The van der Waals surface area contributed by atoms with E-state index in [4.69, 9.17) is 17.7 Å². The van der Waals surface area contributed by atoms with E-state index in [0.717, 1.165) is 71.8 Å². The molecule has 0 unspecified atom stereocenters. The lowest BCUT2D eigenvalue weighted by Crippen LogP contribution is -2.36. The minimum Gasteiger partial charge on any atom is -0.452 e. The summed E-state index contributed by atoms with van der Waals surface area (Å²) in [5.41, 5.74) is 14.8. The fourth-order valence-corrected chi connectivity index (χ4v) is 18.8. The fraction of sp³-hybridized carbons (Fsp3) is 0.130. The molecule has 0 aliphatic carbocycles. The van der Waals surface area contributed by atoms with Gasteiger partial charge in [0.2, 0.25) is 0 Å². The molecule has 0 saturated carbocycles. The smallest absolute Gasteiger partial charge is 0.299 e. The molecule has 0 bridgehead atoms. The second kappa shape index (κ2) is 22.0. The first-order valence-corrected chi connectivity index (χ1v) is 34.2. The van der Waals surface area contributed by atoms with Crippen molar-refractivity contribution < 1.29 is 31.7 Å². The summed E-state index contributed by atoms with van der Waals surface area (Å²) in [6, 6.07) is 57.5. The molecule has 0 amide bonds. The molecule has 20 rings (SSSR count). The molecule has 19 aromatic rings. The van der Waals surface area contributed by atoms with E-state index < -0.39 is 0 Å². The standard InChI is InChI=1S/C20H18N2O2.C19H15N2O2.2C19H15N2S2/c1-12-8-9-15-17-14-6-4-5-7-16(14)23-20(17)24-19(15)18(12)22-11-10-21(3)13(22)2;2*1-12-10-14-17(11-15(12)21-9-5-8-20(21)2)23-18-13-6-3-4-7-16(13)22-19(14)18;1-12-10-14-17(11-15(12)21-9-5-8-20(21)2)23-19-18(14)13-6-3-4-7-16(13)22-19/h4-11,13H,1-3H3;3*3-11H,1-2H3/q;3*+1/t13-;;;/m0.../s1. The number of nitrogens with zero attached hydrogens (tertiary/aromatic N) is 8. The topological polar surface area (TPSA) is 85.5 Å². The Balaban J connectivity index is 0.0000000946. The highest BCUT2D eigenvalue weighted by Crippen LogP contribution is 2.48. The van der Waals surface area contributed by atoms with Crippen LogP contribution in [0.1, 0.15) is 29.2 Å². The summed E-state index contributed by atoms with van der Waals surface area (Å²) in [6.07, 6.45) is 16.9. The van der Waals surface area contributed by atoms with Crippen LogP contribution in [0.3, 0.4) is 0 Å². The lowest BCUT2D eigenvalue weighted by Gasteiger charge is -2.28. The number of aromatic nitrogens is 6. The molecule has 1 atom stereocenters. The third kappa shape index (κ3) is 9.20. The summed E-state index contributed by atoms with van der Waals surface area (Å²) in [7, 11) is 8.25. The fourth-order valence-electron chi connectivity index (χ4n) is 13.5. The zero-order valence-corrected chi connectivity index (χ0v) is 55.9. The SMILES string of the molecule is Cc1cc2c(cc1-n1ccc[n+]1C)oc1c3ccccc3oc21.Cc1cc2c(cc1-n1ccc[n+]1C)sc1c3ccccc3sc21.Cc1cc2c(cc1-n1ccc[n+]1C)sc1sc3ccccc3c12.Cc1ccc2c(oc3oc4ccccc4c32)c1N1C=CN(C)[C@@H]1C. The van der Waals surface area contributed by atoms with Gasteiger partial charge in [0.15, 0.2) is 56.5 Å². The van der Waals surface area contributed by atoms with Gasteiger partial charge in [-0.05, 0) is 124 Å². The quantitative estimate of drug-likeness (QED) is 0.163. The Kier molecular flexibility index (Phi) is 13.4. The number of rotatable bonds is 4. The largest absolute Gasteiger partial charge is 0.452 e.